The van der Waals surface area contributed by atoms with Gasteiger partial charge in [0, 0.05) is 25.0 Å². The van der Waals surface area contributed by atoms with Crippen molar-refractivity contribution >= 4 is 5.91 Å². The van der Waals surface area contributed by atoms with Gasteiger partial charge in [-0.25, -0.2) is 0 Å². The second-order valence-electron chi connectivity index (χ2n) is 6.74. The van der Waals surface area contributed by atoms with Crippen molar-refractivity contribution in [2.24, 2.45) is 11.8 Å². The number of carbonyl (C=O) groups excluding carboxylic acids is 1. The smallest absolute Gasteiger partial charge is 0.222 e. The molecule has 0 bridgehead atoms. The van der Waals surface area contributed by atoms with Crippen LogP contribution in [0.15, 0.2) is 0 Å². The van der Waals surface area contributed by atoms with Gasteiger partial charge in [0.05, 0.1) is 0 Å². The highest BCUT2D eigenvalue weighted by molar-refractivity contribution is 5.77. The van der Waals surface area contributed by atoms with Crippen LogP contribution in [0, 0.1) is 11.8 Å². The standard InChI is InChI=1S/C15H24N2O/c18-14-7-1-6-13-12-5-3-9-16-8-2-4-11(15(12)16)10-17(13)14/h11-13,15H,1-10H2/t11-,12-,13+,15-/m0/s1. The Hall–Kier alpha value is -0.570. The number of nitrogens with zero attached hydrogens (tertiary/aromatic N) is 2. The maximum atomic E-state index is 12.2. The zero-order valence-electron chi connectivity index (χ0n) is 11.2. The van der Waals surface area contributed by atoms with Crippen molar-refractivity contribution < 1.29 is 4.79 Å². The minimum Gasteiger partial charge on any atom is -0.339 e. The third kappa shape index (κ3) is 1.56. The van der Waals surface area contributed by atoms with Crippen molar-refractivity contribution in [2.45, 2.75) is 57.0 Å². The number of rotatable bonds is 0. The van der Waals surface area contributed by atoms with Crippen LogP contribution in [-0.2, 0) is 4.79 Å². The van der Waals surface area contributed by atoms with E-state index in [9.17, 15) is 4.79 Å². The first-order chi connectivity index (χ1) is 8.84. The van der Waals surface area contributed by atoms with Gasteiger partial charge >= 0.3 is 0 Å². The lowest BCUT2D eigenvalue weighted by Gasteiger charge is -2.58. The van der Waals surface area contributed by atoms with Crippen molar-refractivity contribution in [1.29, 1.82) is 0 Å². The van der Waals surface area contributed by atoms with E-state index in [0.29, 0.717) is 11.9 Å². The molecule has 0 aromatic rings. The largest absolute Gasteiger partial charge is 0.339 e. The Morgan fingerprint density at radius 3 is 2.72 bits per heavy atom. The van der Waals surface area contributed by atoms with Gasteiger partial charge in [0.2, 0.25) is 5.91 Å². The Morgan fingerprint density at radius 1 is 1.00 bits per heavy atom. The molecule has 4 rings (SSSR count). The van der Waals surface area contributed by atoms with Crippen LogP contribution >= 0.6 is 0 Å². The number of hydrogen-bond donors (Lipinski definition) is 0. The molecule has 0 radical (unpaired) electrons. The minimum atomic E-state index is 0.451. The summed E-state index contributed by atoms with van der Waals surface area (Å²) in [6.07, 6.45) is 8.64. The first-order valence-corrected chi connectivity index (χ1v) is 7.88. The highest BCUT2D eigenvalue weighted by Gasteiger charge is 2.50. The van der Waals surface area contributed by atoms with E-state index in [-0.39, 0.29) is 0 Å². The molecule has 4 fully saturated rings. The van der Waals surface area contributed by atoms with Crippen LogP contribution in [0.3, 0.4) is 0 Å². The van der Waals surface area contributed by atoms with Crippen LogP contribution < -0.4 is 0 Å². The normalized spacial score (nSPS) is 44.4. The summed E-state index contributed by atoms with van der Waals surface area (Å²) in [5, 5.41) is 0. The summed E-state index contributed by atoms with van der Waals surface area (Å²) in [5.41, 5.74) is 0. The second kappa shape index (κ2) is 4.22. The zero-order valence-corrected chi connectivity index (χ0v) is 11.2. The van der Waals surface area contributed by atoms with Gasteiger partial charge in [-0.15, -0.1) is 0 Å². The summed E-state index contributed by atoms with van der Waals surface area (Å²) in [5.74, 6) is 2.02. The molecule has 0 aromatic heterocycles. The van der Waals surface area contributed by atoms with Gasteiger partial charge in [-0.05, 0) is 63.5 Å². The highest BCUT2D eigenvalue weighted by Crippen LogP contribution is 2.44. The fourth-order valence-corrected chi connectivity index (χ4v) is 5.26. The number of hydrogen-bond acceptors (Lipinski definition) is 2. The number of fused-ring (bicyclic) bond motifs is 2. The van der Waals surface area contributed by atoms with Crippen molar-refractivity contribution in [3.63, 3.8) is 0 Å². The molecule has 0 saturated carbocycles. The molecule has 18 heavy (non-hydrogen) atoms. The van der Waals surface area contributed by atoms with Gasteiger partial charge in [-0.2, -0.15) is 0 Å². The topological polar surface area (TPSA) is 23.6 Å². The molecule has 0 N–H and O–H groups in total. The van der Waals surface area contributed by atoms with Crippen molar-refractivity contribution in [2.75, 3.05) is 19.6 Å². The average molecular weight is 248 g/mol. The molecular formula is C15H24N2O. The third-order valence-corrected chi connectivity index (χ3v) is 5.88. The van der Waals surface area contributed by atoms with E-state index in [0.717, 1.165) is 37.3 Å². The summed E-state index contributed by atoms with van der Waals surface area (Å²) in [7, 11) is 0. The third-order valence-electron chi connectivity index (χ3n) is 5.88. The van der Waals surface area contributed by atoms with Crippen molar-refractivity contribution in [3.8, 4) is 0 Å². The molecule has 4 aliphatic rings. The SMILES string of the molecule is O=C1CCC[C@@H]2[C@@H]3CCCN4CCC[C@@H](CN12)[C@@H]34. The molecule has 0 aliphatic carbocycles. The van der Waals surface area contributed by atoms with Gasteiger partial charge in [0.1, 0.15) is 0 Å². The summed E-state index contributed by atoms with van der Waals surface area (Å²) >= 11 is 0. The molecule has 0 aromatic carbocycles. The van der Waals surface area contributed by atoms with Crippen LogP contribution in [0.1, 0.15) is 44.9 Å². The van der Waals surface area contributed by atoms with E-state index in [4.69, 9.17) is 0 Å². The molecular weight excluding hydrogens is 224 g/mol. The van der Waals surface area contributed by atoms with Gasteiger partial charge in [-0.1, -0.05) is 0 Å². The van der Waals surface area contributed by atoms with Gasteiger partial charge < -0.3 is 4.90 Å². The Morgan fingerprint density at radius 2 is 1.83 bits per heavy atom. The van der Waals surface area contributed by atoms with Crippen LogP contribution in [0.25, 0.3) is 0 Å². The monoisotopic (exact) mass is 248 g/mol. The lowest BCUT2D eigenvalue weighted by Crippen LogP contribution is -2.66. The first-order valence-electron chi connectivity index (χ1n) is 7.88. The summed E-state index contributed by atoms with van der Waals surface area (Å²) < 4.78 is 0. The fraction of sp³-hybridized carbons (Fsp3) is 0.933. The van der Waals surface area contributed by atoms with E-state index in [2.05, 4.69) is 9.80 Å². The summed E-state index contributed by atoms with van der Waals surface area (Å²) in [6.45, 7) is 3.71. The molecule has 4 heterocycles. The lowest BCUT2D eigenvalue weighted by molar-refractivity contribution is -0.150. The van der Waals surface area contributed by atoms with E-state index in [1.54, 1.807) is 0 Å². The molecule has 4 saturated heterocycles. The van der Waals surface area contributed by atoms with Crippen molar-refractivity contribution in [1.82, 2.24) is 9.80 Å². The lowest BCUT2D eigenvalue weighted by atomic mass is 9.68. The summed E-state index contributed by atoms with van der Waals surface area (Å²) in [4.78, 5) is 17.2. The number of carbonyl (C=O) groups is 1. The van der Waals surface area contributed by atoms with E-state index in [1.807, 2.05) is 0 Å². The predicted octanol–water partition coefficient (Wildman–Crippen LogP) is 1.87. The molecule has 3 heteroatoms. The van der Waals surface area contributed by atoms with E-state index >= 15 is 0 Å². The fourth-order valence-electron chi connectivity index (χ4n) is 5.26. The molecule has 100 valence electrons. The van der Waals surface area contributed by atoms with Gasteiger partial charge in [0.25, 0.3) is 0 Å². The molecule has 0 unspecified atom stereocenters. The van der Waals surface area contributed by atoms with Gasteiger partial charge in [0.15, 0.2) is 0 Å². The summed E-state index contributed by atoms with van der Waals surface area (Å²) in [6, 6.07) is 1.41. The maximum absolute atomic E-state index is 12.2. The van der Waals surface area contributed by atoms with Crippen LogP contribution in [0.2, 0.25) is 0 Å². The van der Waals surface area contributed by atoms with E-state index in [1.165, 1.54) is 45.2 Å². The molecule has 0 spiro atoms. The number of amides is 1. The van der Waals surface area contributed by atoms with Crippen LogP contribution in [-0.4, -0.2) is 47.4 Å². The highest BCUT2D eigenvalue weighted by atomic mass is 16.2. The molecule has 4 atom stereocenters. The number of piperidine rings is 4. The zero-order chi connectivity index (χ0) is 12.1. The van der Waals surface area contributed by atoms with Crippen LogP contribution in [0.5, 0.6) is 0 Å². The average Bonchev–Trinajstić information content (AvgIpc) is 2.41. The van der Waals surface area contributed by atoms with E-state index < -0.39 is 0 Å². The Labute approximate surface area is 110 Å². The minimum absolute atomic E-state index is 0.451. The Balaban J connectivity index is 1.66. The first kappa shape index (κ1) is 11.3. The quantitative estimate of drug-likeness (QED) is 0.653. The second-order valence-corrected chi connectivity index (χ2v) is 6.74. The van der Waals surface area contributed by atoms with Crippen molar-refractivity contribution in [3.05, 3.63) is 0 Å². The Bertz CT molecular complexity index is 354. The predicted molar refractivity (Wildman–Crippen MR) is 70.2 cm³/mol. The Kier molecular flexibility index (Phi) is 2.65. The molecule has 4 aliphatic heterocycles. The van der Waals surface area contributed by atoms with Crippen LogP contribution in [0.4, 0.5) is 0 Å². The molecule has 3 nitrogen and oxygen atoms in total. The molecule has 1 amide bonds. The van der Waals surface area contributed by atoms with Gasteiger partial charge in [-0.3, -0.25) is 9.69 Å². The maximum Gasteiger partial charge on any atom is 0.222 e.